The van der Waals surface area contributed by atoms with Gasteiger partial charge in [-0.1, -0.05) is 12.0 Å². The number of hydrogen-bond acceptors (Lipinski definition) is 5. The summed E-state index contributed by atoms with van der Waals surface area (Å²) < 4.78 is 54.6. The minimum absolute atomic E-state index is 0.0247. The highest BCUT2D eigenvalue weighted by Crippen LogP contribution is 2.39. The largest absolute Gasteiger partial charge is 0.296 e. The average Bonchev–Trinajstić information content (AvgIpc) is 3.38. The van der Waals surface area contributed by atoms with Crippen LogP contribution in [0.15, 0.2) is 52.9 Å². The summed E-state index contributed by atoms with van der Waals surface area (Å²) in [6, 6.07) is 7.25. The molecule has 0 bridgehead atoms. The normalized spacial score (nSPS) is 14.7. The molecular formula is C23H17F2N3O3S2. The van der Waals surface area contributed by atoms with Gasteiger partial charge in [-0.15, -0.1) is 17.8 Å². The molecule has 1 aromatic heterocycles. The van der Waals surface area contributed by atoms with Gasteiger partial charge in [0.25, 0.3) is 5.91 Å². The standard InChI is InChI=1S/C23H17F2N3O3S2/c1-3-9-28-21-7-6-17(12-18(21)19(23(28)29)13-22-26-8-10-32-22)33(30,31)27(2)14-15-4-5-16(24)11-20(15)25/h1,4-8,10-13H,9,14H2,2H3/b19-13+. The van der Waals surface area contributed by atoms with Crippen molar-refractivity contribution >= 4 is 44.6 Å². The number of carbonyl (C=O) groups excluding carboxylic acids is 1. The lowest BCUT2D eigenvalue weighted by atomic mass is 10.1. The molecule has 3 aromatic rings. The van der Waals surface area contributed by atoms with E-state index in [9.17, 15) is 22.0 Å². The van der Waals surface area contributed by atoms with E-state index in [0.29, 0.717) is 22.3 Å². The van der Waals surface area contributed by atoms with Gasteiger partial charge in [0.15, 0.2) is 0 Å². The lowest BCUT2D eigenvalue weighted by Crippen LogP contribution is -2.27. The first-order valence-corrected chi connectivity index (χ1v) is 12.0. The number of aromatic nitrogens is 1. The summed E-state index contributed by atoms with van der Waals surface area (Å²) in [5, 5.41) is 2.35. The monoisotopic (exact) mass is 485 g/mol. The highest BCUT2D eigenvalue weighted by Gasteiger charge is 2.34. The quantitative estimate of drug-likeness (QED) is 0.394. The third-order valence-electron chi connectivity index (χ3n) is 5.11. The third-order valence-corrected chi connectivity index (χ3v) is 7.63. The van der Waals surface area contributed by atoms with Crippen LogP contribution < -0.4 is 4.90 Å². The summed E-state index contributed by atoms with van der Waals surface area (Å²) in [6.45, 7) is -0.271. The third kappa shape index (κ3) is 4.30. The second kappa shape index (κ2) is 8.86. The van der Waals surface area contributed by atoms with Gasteiger partial charge < -0.3 is 0 Å². The van der Waals surface area contributed by atoms with Crippen LogP contribution in [0.5, 0.6) is 0 Å². The predicted molar refractivity (Wildman–Crippen MR) is 123 cm³/mol. The van der Waals surface area contributed by atoms with Crippen LogP contribution in [-0.2, 0) is 21.4 Å². The topological polar surface area (TPSA) is 70.6 Å². The summed E-state index contributed by atoms with van der Waals surface area (Å²) in [7, 11) is -2.76. The molecule has 6 nitrogen and oxygen atoms in total. The Kier molecular flexibility index (Phi) is 6.12. The molecule has 0 radical (unpaired) electrons. The van der Waals surface area contributed by atoms with Gasteiger partial charge in [0.05, 0.1) is 22.7 Å². The van der Waals surface area contributed by atoms with Gasteiger partial charge >= 0.3 is 0 Å². The van der Waals surface area contributed by atoms with E-state index in [1.807, 2.05) is 0 Å². The van der Waals surface area contributed by atoms with Crippen molar-refractivity contribution < 1.29 is 22.0 Å². The van der Waals surface area contributed by atoms with E-state index in [1.54, 1.807) is 17.7 Å². The Morgan fingerprint density at radius 3 is 2.70 bits per heavy atom. The maximum atomic E-state index is 14.0. The molecule has 1 aliphatic rings. The Balaban J connectivity index is 1.73. The average molecular weight is 486 g/mol. The number of anilines is 1. The van der Waals surface area contributed by atoms with E-state index in [1.165, 1.54) is 47.5 Å². The van der Waals surface area contributed by atoms with Gasteiger partial charge in [0, 0.05) is 42.4 Å². The fraction of sp³-hybridized carbons (Fsp3) is 0.130. The number of terminal acetylenes is 1. The number of benzene rings is 2. The Labute approximate surface area is 193 Å². The van der Waals surface area contributed by atoms with Crippen molar-refractivity contribution in [1.82, 2.24) is 9.29 Å². The molecular weight excluding hydrogens is 468 g/mol. The van der Waals surface area contributed by atoms with Crippen molar-refractivity contribution in [3.63, 3.8) is 0 Å². The van der Waals surface area contributed by atoms with Crippen LogP contribution in [0.2, 0.25) is 0 Å². The number of sulfonamides is 1. The molecule has 33 heavy (non-hydrogen) atoms. The number of hydrogen-bond donors (Lipinski definition) is 0. The smallest absolute Gasteiger partial charge is 0.259 e. The molecule has 2 heterocycles. The van der Waals surface area contributed by atoms with Crippen molar-refractivity contribution in [2.45, 2.75) is 11.4 Å². The molecule has 1 amide bonds. The number of thiazole rings is 1. The summed E-state index contributed by atoms with van der Waals surface area (Å²) >= 11 is 1.33. The molecule has 4 rings (SSSR count). The maximum Gasteiger partial charge on any atom is 0.259 e. The van der Waals surface area contributed by atoms with Crippen LogP contribution in [0.1, 0.15) is 16.1 Å². The van der Waals surface area contributed by atoms with Crippen molar-refractivity contribution in [3.05, 3.63) is 75.7 Å². The van der Waals surface area contributed by atoms with Crippen LogP contribution in [0, 0.1) is 24.0 Å². The van der Waals surface area contributed by atoms with E-state index in [2.05, 4.69) is 10.9 Å². The fourth-order valence-electron chi connectivity index (χ4n) is 3.47. The van der Waals surface area contributed by atoms with Gasteiger partial charge in [0.1, 0.15) is 16.6 Å². The zero-order valence-corrected chi connectivity index (χ0v) is 19.0. The van der Waals surface area contributed by atoms with Crippen LogP contribution in [0.25, 0.3) is 11.6 Å². The molecule has 0 saturated heterocycles. The molecule has 0 aliphatic carbocycles. The highest BCUT2D eigenvalue weighted by molar-refractivity contribution is 7.89. The molecule has 1 aliphatic heterocycles. The second-order valence-electron chi connectivity index (χ2n) is 7.20. The van der Waals surface area contributed by atoms with Gasteiger partial charge in [0.2, 0.25) is 10.0 Å². The summed E-state index contributed by atoms with van der Waals surface area (Å²) in [5.74, 6) is 0.497. The van der Waals surface area contributed by atoms with E-state index in [0.717, 1.165) is 10.4 Å². The highest BCUT2D eigenvalue weighted by atomic mass is 32.2. The molecule has 168 valence electrons. The zero-order valence-electron chi connectivity index (χ0n) is 17.3. The van der Waals surface area contributed by atoms with Crippen molar-refractivity contribution in [2.75, 3.05) is 18.5 Å². The van der Waals surface area contributed by atoms with Crippen molar-refractivity contribution in [3.8, 4) is 12.3 Å². The summed E-state index contributed by atoms with van der Waals surface area (Å²) in [4.78, 5) is 18.5. The molecule has 0 atom stereocenters. The van der Waals surface area contributed by atoms with Crippen LogP contribution in [-0.4, -0.2) is 37.2 Å². The Morgan fingerprint density at radius 2 is 2.03 bits per heavy atom. The van der Waals surface area contributed by atoms with Crippen molar-refractivity contribution in [2.24, 2.45) is 0 Å². The molecule has 2 aromatic carbocycles. The van der Waals surface area contributed by atoms with E-state index in [4.69, 9.17) is 6.42 Å². The zero-order chi connectivity index (χ0) is 23.8. The first-order valence-electron chi connectivity index (χ1n) is 9.63. The summed E-state index contributed by atoms with van der Waals surface area (Å²) in [6.07, 6.45) is 8.60. The minimum Gasteiger partial charge on any atom is -0.296 e. The van der Waals surface area contributed by atoms with Gasteiger partial charge in [-0.25, -0.2) is 22.2 Å². The molecule has 10 heteroatoms. The maximum absolute atomic E-state index is 14.0. The number of halogens is 2. The molecule has 0 unspecified atom stereocenters. The Morgan fingerprint density at radius 1 is 1.24 bits per heavy atom. The minimum atomic E-state index is -4.06. The predicted octanol–water partition coefficient (Wildman–Crippen LogP) is 3.76. The number of fused-ring (bicyclic) bond motifs is 1. The first kappa shape index (κ1) is 22.8. The van der Waals surface area contributed by atoms with Crippen molar-refractivity contribution in [1.29, 1.82) is 0 Å². The SMILES string of the molecule is C#CCN1C(=O)/C(=C/c2nccs2)c2cc(S(=O)(=O)N(C)Cc3ccc(F)cc3F)ccc21. The van der Waals surface area contributed by atoms with E-state index in [-0.39, 0.29) is 35.0 Å². The number of nitrogens with zero attached hydrogens (tertiary/aromatic N) is 3. The van der Waals surface area contributed by atoms with Crippen LogP contribution in [0.4, 0.5) is 14.5 Å². The Hall–Kier alpha value is -3.39. The lowest BCUT2D eigenvalue weighted by molar-refractivity contribution is -0.112. The number of carbonyl (C=O) groups is 1. The Bertz CT molecular complexity index is 1410. The summed E-state index contributed by atoms with van der Waals surface area (Å²) in [5.41, 5.74) is 1.21. The molecule has 0 N–H and O–H groups in total. The fourth-order valence-corrected chi connectivity index (χ4v) is 5.21. The van der Waals surface area contributed by atoms with Crippen LogP contribution >= 0.6 is 11.3 Å². The second-order valence-corrected chi connectivity index (χ2v) is 10.2. The first-order chi connectivity index (χ1) is 15.7. The number of amides is 1. The molecule has 0 saturated carbocycles. The van der Waals surface area contributed by atoms with Gasteiger partial charge in [-0.05, 0) is 30.3 Å². The van der Waals surface area contributed by atoms with Gasteiger partial charge in [-0.3, -0.25) is 9.69 Å². The van der Waals surface area contributed by atoms with E-state index >= 15 is 0 Å². The lowest BCUT2D eigenvalue weighted by Gasteiger charge is -2.19. The number of rotatable bonds is 6. The van der Waals surface area contributed by atoms with E-state index < -0.39 is 21.7 Å². The van der Waals surface area contributed by atoms with Crippen LogP contribution in [0.3, 0.4) is 0 Å². The molecule has 0 spiro atoms. The molecule has 0 fully saturated rings. The van der Waals surface area contributed by atoms with Gasteiger partial charge in [-0.2, -0.15) is 4.31 Å².